The SMILES string of the molecule is COc1cccc(-n2cc(CN(C)[C@@H](C(=O)O)c3ccc(N)nc3)cn2)c1. The van der Waals surface area contributed by atoms with E-state index in [1.54, 1.807) is 42.1 Å². The average molecular weight is 367 g/mol. The second-order valence-electron chi connectivity index (χ2n) is 6.17. The lowest BCUT2D eigenvalue weighted by atomic mass is 10.1. The van der Waals surface area contributed by atoms with E-state index in [1.165, 1.54) is 6.20 Å². The van der Waals surface area contributed by atoms with Crippen molar-refractivity contribution in [1.29, 1.82) is 0 Å². The number of carboxylic acids is 1. The smallest absolute Gasteiger partial charge is 0.325 e. The number of nitrogen functional groups attached to an aromatic ring is 1. The van der Waals surface area contributed by atoms with Gasteiger partial charge in [0, 0.05) is 30.6 Å². The molecule has 0 spiro atoms. The molecule has 1 atom stereocenters. The highest BCUT2D eigenvalue weighted by molar-refractivity contribution is 5.75. The molecular formula is C19H21N5O3. The van der Waals surface area contributed by atoms with E-state index in [0.29, 0.717) is 17.9 Å². The lowest BCUT2D eigenvalue weighted by Gasteiger charge is -2.24. The van der Waals surface area contributed by atoms with Gasteiger partial charge in [-0.1, -0.05) is 12.1 Å². The summed E-state index contributed by atoms with van der Waals surface area (Å²) in [5, 5.41) is 14.0. The van der Waals surface area contributed by atoms with Crippen molar-refractivity contribution < 1.29 is 14.6 Å². The fourth-order valence-electron chi connectivity index (χ4n) is 2.88. The Bertz CT molecular complexity index is 923. The fraction of sp³-hybridized carbons (Fsp3) is 0.211. The third kappa shape index (κ3) is 4.24. The highest BCUT2D eigenvalue weighted by Gasteiger charge is 2.25. The van der Waals surface area contributed by atoms with E-state index in [2.05, 4.69) is 10.1 Å². The standard InChI is InChI=1S/C19H21N5O3/c1-23(18(19(25)26)14-6-7-17(20)21-10-14)11-13-9-22-24(12-13)15-4-3-5-16(8-15)27-2/h3-10,12,18H,11H2,1-2H3,(H2,20,21)(H,25,26)/t18-/m1/s1. The van der Waals surface area contributed by atoms with Gasteiger partial charge in [-0.15, -0.1) is 0 Å². The molecule has 8 heteroatoms. The summed E-state index contributed by atoms with van der Waals surface area (Å²) in [5.74, 6) is 0.137. The summed E-state index contributed by atoms with van der Waals surface area (Å²) in [5.41, 5.74) is 7.90. The predicted molar refractivity (Wildman–Crippen MR) is 101 cm³/mol. The van der Waals surface area contributed by atoms with Crippen LogP contribution in [0.15, 0.2) is 55.0 Å². The lowest BCUT2D eigenvalue weighted by Crippen LogP contribution is -2.30. The minimum atomic E-state index is -0.954. The number of rotatable bonds is 7. The number of nitrogens with zero attached hydrogens (tertiary/aromatic N) is 4. The minimum absolute atomic E-state index is 0.352. The maximum Gasteiger partial charge on any atom is 0.325 e. The van der Waals surface area contributed by atoms with Crippen molar-refractivity contribution in [3.63, 3.8) is 0 Å². The summed E-state index contributed by atoms with van der Waals surface area (Å²) in [4.78, 5) is 17.5. The molecule has 0 fully saturated rings. The Balaban J connectivity index is 1.78. The maximum absolute atomic E-state index is 11.8. The summed E-state index contributed by atoms with van der Waals surface area (Å²) in [7, 11) is 3.36. The quantitative estimate of drug-likeness (QED) is 0.659. The molecule has 2 heterocycles. The summed E-state index contributed by atoms with van der Waals surface area (Å²) in [6, 6.07) is 9.98. The molecule has 0 unspecified atom stereocenters. The fourth-order valence-corrected chi connectivity index (χ4v) is 2.88. The van der Waals surface area contributed by atoms with Crippen LogP contribution in [0.3, 0.4) is 0 Å². The van der Waals surface area contributed by atoms with Crippen molar-refractivity contribution in [2.24, 2.45) is 0 Å². The molecule has 1 aromatic carbocycles. The number of ether oxygens (including phenoxy) is 1. The molecule has 0 aliphatic rings. The summed E-state index contributed by atoms with van der Waals surface area (Å²) in [6.07, 6.45) is 5.08. The van der Waals surface area contributed by atoms with Crippen LogP contribution in [-0.2, 0) is 11.3 Å². The van der Waals surface area contributed by atoms with E-state index in [-0.39, 0.29) is 0 Å². The molecule has 27 heavy (non-hydrogen) atoms. The first-order valence-corrected chi connectivity index (χ1v) is 8.30. The van der Waals surface area contributed by atoms with E-state index >= 15 is 0 Å². The van der Waals surface area contributed by atoms with Crippen LogP contribution in [0, 0.1) is 0 Å². The number of aliphatic carboxylic acids is 1. The number of hydrogen-bond acceptors (Lipinski definition) is 6. The predicted octanol–water partition coefficient (Wildman–Crippen LogP) is 2.12. The first-order chi connectivity index (χ1) is 13.0. The zero-order valence-corrected chi connectivity index (χ0v) is 15.1. The van der Waals surface area contributed by atoms with Crippen LogP contribution >= 0.6 is 0 Å². The molecule has 0 aliphatic heterocycles. The second-order valence-corrected chi connectivity index (χ2v) is 6.17. The molecule has 2 aromatic heterocycles. The number of anilines is 1. The van der Waals surface area contributed by atoms with Gasteiger partial charge in [0.2, 0.25) is 0 Å². The number of aromatic nitrogens is 3. The number of carboxylic acid groups (broad SMARTS) is 1. The third-order valence-electron chi connectivity index (χ3n) is 4.19. The van der Waals surface area contributed by atoms with Gasteiger partial charge in [-0.05, 0) is 30.8 Å². The molecule has 0 radical (unpaired) electrons. The first kappa shape index (κ1) is 18.4. The second kappa shape index (κ2) is 7.88. The topological polar surface area (TPSA) is 106 Å². The Morgan fingerprint density at radius 3 is 2.81 bits per heavy atom. The van der Waals surface area contributed by atoms with Gasteiger partial charge in [-0.2, -0.15) is 5.10 Å². The zero-order valence-electron chi connectivity index (χ0n) is 15.1. The van der Waals surface area contributed by atoms with Crippen molar-refractivity contribution in [3.05, 3.63) is 66.1 Å². The Morgan fingerprint density at radius 1 is 1.33 bits per heavy atom. The van der Waals surface area contributed by atoms with Crippen LogP contribution in [0.2, 0.25) is 0 Å². The van der Waals surface area contributed by atoms with Crippen LogP contribution in [0.5, 0.6) is 5.75 Å². The molecule has 0 saturated heterocycles. The van der Waals surface area contributed by atoms with Crippen molar-refractivity contribution in [2.75, 3.05) is 19.9 Å². The van der Waals surface area contributed by atoms with Gasteiger partial charge in [0.05, 0.1) is 19.0 Å². The molecule has 0 amide bonds. The molecule has 8 nitrogen and oxygen atoms in total. The van der Waals surface area contributed by atoms with E-state index in [1.807, 2.05) is 30.5 Å². The van der Waals surface area contributed by atoms with Crippen molar-refractivity contribution >= 4 is 11.8 Å². The molecule has 0 bridgehead atoms. The third-order valence-corrected chi connectivity index (χ3v) is 4.19. The average Bonchev–Trinajstić information content (AvgIpc) is 3.12. The van der Waals surface area contributed by atoms with Crippen molar-refractivity contribution in [1.82, 2.24) is 19.7 Å². The number of methoxy groups -OCH3 is 1. The summed E-state index contributed by atoms with van der Waals surface area (Å²) >= 11 is 0. The van der Waals surface area contributed by atoms with Gasteiger partial charge in [0.15, 0.2) is 0 Å². The molecule has 3 N–H and O–H groups in total. The number of carbonyl (C=O) groups is 1. The van der Waals surface area contributed by atoms with Gasteiger partial charge >= 0.3 is 5.97 Å². The number of hydrogen-bond donors (Lipinski definition) is 2. The van der Waals surface area contributed by atoms with Crippen LogP contribution in [0.25, 0.3) is 5.69 Å². The molecule has 3 aromatic rings. The molecular weight excluding hydrogens is 346 g/mol. The van der Waals surface area contributed by atoms with Gasteiger partial charge in [0.25, 0.3) is 0 Å². The van der Waals surface area contributed by atoms with E-state index in [0.717, 1.165) is 17.0 Å². The Labute approximate surface area is 156 Å². The molecule has 0 saturated carbocycles. The monoisotopic (exact) mass is 367 g/mol. The van der Waals surface area contributed by atoms with Gasteiger partial charge in [0.1, 0.15) is 17.6 Å². The Kier molecular flexibility index (Phi) is 5.37. The first-order valence-electron chi connectivity index (χ1n) is 8.30. The molecule has 0 aliphatic carbocycles. The van der Waals surface area contributed by atoms with Crippen LogP contribution < -0.4 is 10.5 Å². The minimum Gasteiger partial charge on any atom is -0.497 e. The molecule has 3 rings (SSSR count). The summed E-state index contributed by atoms with van der Waals surface area (Å²) < 4.78 is 6.96. The Morgan fingerprint density at radius 2 is 2.15 bits per heavy atom. The van der Waals surface area contributed by atoms with Crippen LogP contribution in [0.1, 0.15) is 17.2 Å². The van der Waals surface area contributed by atoms with Crippen molar-refractivity contribution in [2.45, 2.75) is 12.6 Å². The maximum atomic E-state index is 11.8. The summed E-state index contributed by atoms with van der Waals surface area (Å²) in [6.45, 7) is 0.408. The van der Waals surface area contributed by atoms with Crippen LogP contribution in [-0.4, -0.2) is 44.9 Å². The van der Waals surface area contributed by atoms with E-state index < -0.39 is 12.0 Å². The Hall–Kier alpha value is -3.39. The van der Waals surface area contributed by atoms with Gasteiger partial charge < -0.3 is 15.6 Å². The van der Waals surface area contributed by atoms with E-state index in [4.69, 9.17) is 10.5 Å². The number of pyridine rings is 1. The lowest BCUT2D eigenvalue weighted by molar-refractivity contribution is -0.143. The van der Waals surface area contributed by atoms with Gasteiger partial charge in [-0.3, -0.25) is 9.69 Å². The normalized spacial score (nSPS) is 12.1. The van der Waals surface area contributed by atoms with Crippen LogP contribution in [0.4, 0.5) is 5.82 Å². The largest absolute Gasteiger partial charge is 0.497 e. The number of nitrogens with two attached hydrogens (primary N) is 1. The number of benzene rings is 1. The van der Waals surface area contributed by atoms with E-state index in [9.17, 15) is 9.90 Å². The highest BCUT2D eigenvalue weighted by atomic mass is 16.5. The molecule has 140 valence electrons. The number of likely N-dealkylation sites (N-methyl/N-ethyl adjacent to an activating group) is 1. The van der Waals surface area contributed by atoms with Gasteiger partial charge in [-0.25, -0.2) is 9.67 Å². The van der Waals surface area contributed by atoms with Crippen molar-refractivity contribution in [3.8, 4) is 11.4 Å². The zero-order chi connectivity index (χ0) is 19.4. The highest BCUT2D eigenvalue weighted by Crippen LogP contribution is 2.22.